The SMILES string of the molecule is Cc1noc(C)c1Cn1cc(NC(=O)c2ccc(NN)c(N)c2)cn1. The molecule has 0 unspecified atom stereocenters. The third-order valence-electron chi connectivity index (χ3n) is 3.86. The van der Waals surface area contributed by atoms with Crippen LogP contribution < -0.4 is 22.3 Å². The Morgan fingerprint density at radius 2 is 2.16 bits per heavy atom. The molecule has 0 aliphatic rings. The van der Waals surface area contributed by atoms with Gasteiger partial charge in [-0.15, -0.1) is 0 Å². The molecule has 3 rings (SSSR count). The van der Waals surface area contributed by atoms with Crippen molar-refractivity contribution in [2.45, 2.75) is 20.4 Å². The first-order valence-corrected chi connectivity index (χ1v) is 7.59. The second-order valence-electron chi connectivity index (χ2n) is 5.63. The Hall–Kier alpha value is -3.33. The predicted molar refractivity (Wildman–Crippen MR) is 93.9 cm³/mol. The van der Waals surface area contributed by atoms with Crippen LogP contribution in [0.5, 0.6) is 0 Å². The number of nitrogens with two attached hydrogens (primary N) is 2. The summed E-state index contributed by atoms with van der Waals surface area (Å²) in [5.41, 5.74) is 12.0. The lowest BCUT2D eigenvalue weighted by atomic mass is 10.1. The molecular weight excluding hydrogens is 322 g/mol. The maximum absolute atomic E-state index is 12.3. The zero-order chi connectivity index (χ0) is 18.0. The summed E-state index contributed by atoms with van der Waals surface area (Å²) in [6.45, 7) is 4.24. The number of aryl methyl sites for hydroxylation is 2. The van der Waals surface area contributed by atoms with E-state index in [0.717, 1.165) is 17.0 Å². The van der Waals surface area contributed by atoms with Crippen LogP contribution in [0.1, 0.15) is 27.4 Å². The van der Waals surface area contributed by atoms with Crippen molar-refractivity contribution in [3.05, 3.63) is 53.2 Å². The van der Waals surface area contributed by atoms with Crippen LogP contribution in [0.2, 0.25) is 0 Å². The molecule has 3 aromatic rings. The van der Waals surface area contributed by atoms with Crippen LogP contribution in [0.25, 0.3) is 0 Å². The van der Waals surface area contributed by atoms with Crippen molar-refractivity contribution >= 4 is 23.0 Å². The maximum atomic E-state index is 12.3. The van der Waals surface area contributed by atoms with Gasteiger partial charge in [0.1, 0.15) is 5.76 Å². The van der Waals surface area contributed by atoms with Gasteiger partial charge in [-0.1, -0.05) is 5.16 Å². The standard InChI is InChI=1S/C16H19N7O2/c1-9-13(10(2)25-22-9)8-23-7-12(6-19-23)20-16(24)11-3-4-15(21-18)14(17)5-11/h3-7,21H,8,17-18H2,1-2H3,(H,20,24). The van der Waals surface area contributed by atoms with Gasteiger partial charge in [-0.25, -0.2) is 0 Å². The zero-order valence-corrected chi connectivity index (χ0v) is 13.9. The summed E-state index contributed by atoms with van der Waals surface area (Å²) in [6.07, 6.45) is 3.32. The third kappa shape index (κ3) is 3.45. The van der Waals surface area contributed by atoms with E-state index < -0.39 is 0 Å². The quantitative estimate of drug-likeness (QED) is 0.314. The first-order chi connectivity index (χ1) is 12.0. The van der Waals surface area contributed by atoms with Gasteiger partial charge in [0.2, 0.25) is 0 Å². The number of nitrogen functional groups attached to an aromatic ring is 2. The van der Waals surface area contributed by atoms with Gasteiger partial charge in [0.05, 0.1) is 35.5 Å². The largest absolute Gasteiger partial charge is 0.397 e. The van der Waals surface area contributed by atoms with E-state index in [1.54, 1.807) is 35.3 Å². The van der Waals surface area contributed by atoms with Crippen molar-refractivity contribution in [1.82, 2.24) is 14.9 Å². The second kappa shape index (κ2) is 6.65. The fraction of sp³-hybridized carbons (Fsp3) is 0.188. The Bertz CT molecular complexity index is 894. The van der Waals surface area contributed by atoms with Gasteiger partial charge in [0.25, 0.3) is 5.91 Å². The number of hydrogen-bond donors (Lipinski definition) is 4. The summed E-state index contributed by atoms with van der Waals surface area (Å²) in [6, 6.07) is 4.83. The van der Waals surface area contributed by atoms with Crippen molar-refractivity contribution < 1.29 is 9.32 Å². The molecule has 0 saturated carbocycles. The van der Waals surface area contributed by atoms with E-state index in [0.29, 0.717) is 29.2 Å². The minimum absolute atomic E-state index is 0.285. The number of anilines is 3. The van der Waals surface area contributed by atoms with Crippen LogP contribution in [0.4, 0.5) is 17.1 Å². The Labute approximate surface area is 143 Å². The van der Waals surface area contributed by atoms with Crippen molar-refractivity contribution in [1.29, 1.82) is 0 Å². The minimum Gasteiger partial charge on any atom is -0.397 e. The van der Waals surface area contributed by atoms with E-state index in [1.807, 2.05) is 13.8 Å². The van der Waals surface area contributed by atoms with E-state index >= 15 is 0 Å². The molecule has 9 nitrogen and oxygen atoms in total. The summed E-state index contributed by atoms with van der Waals surface area (Å²) in [5, 5.41) is 10.9. The monoisotopic (exact) mass is 341 g/mol. The molecule has 1 aromatic carbocycles. The van der Waals surface area contributed by atoms with Crippen molar-refractivity contribution in [2.24, 2.45) is 5.84 Å². The molecule has 0 saturated heterocycles. The van der Waals surface area contributed by atoms with Gasteiger partial charge < -0.3 is 21.0 Å². The number of rotatable bonds is 5. The lowest BCUT2D eigenvalue weighted by Gasteiger charge is -2.07. The highest BCUT2D eigenvalue weighted by Gasteiger charge is 2.12. The first-order valence-electron chi connectivity index (χ1n) is 7.59. The molecule has 9 heteroatoms. The van der Waals surface area contributed by atoms with Crippen molar-refractivity contribution in [3.8, 4) is 0 Å². The number of carbonyl (C=O) groups is 1. The highest BCUT2D eigenvalue weighted by molar-refractivity contribution is 6.05. The Morgan fingerprint density at radius 1 is 1.36 bits per heavy atom. The lowest BCUT2D eigenvalue weighted by Crippen LogP contribution is -2.14. The summed E-state index contributed by atoms with van der Waals surface area (Å²) < 4.78 is 6.85. The summed E-state index contributed by atoms with van der Waals surface area (Å²) in [4.78, 5) is 12.3. The molecular formula is C16H19N7O2. The molecule has 0 aliphatic heterocycles. The summed E-state index contributed by atoms with van der Waals surface area (Å²) in [5.74, 6) is 5.79. The summed E-state index contributed by atoms with van der Waals surface area (Å²) in [7, 11) is 0. The first kappa shape index (κ1) is 16.5. The van der Waals surface area contributed by atoms with Gasteiger partial charge in [-0.2, -0.15) is 5.10 Å². The topological polar surface area (TPSA) is 137 Å². The predicted octanol–water partition coefficient (Wildman–Crippen LogP) is 1.66. The highest BCUT2D eigenvalue weighted by atomic mass is 16.5. The van der Waals surface area contributed by atoms with Crippen LogP contribution in [-0.2, 0) is 6.54 Å². The number of hydrazine groups is 1. The molecule has 25 heavy (non-hydrogen) atoms. The number of carbonyl (C=O) groups excluding carboxylic acids is 1. The maximum Gasteiger partial charge on any atom is 0.255 e. The average Bonchev–Trinajstić information content (AvgIpc) is 3.16. The number of nitrogens with zero attached hydrogens (tertiary/aromatic N) is 3. The molecule has 130 valence electrons. The molecule has 0 atom stereocenters. The van der Waals surface area contributed by atoms with Gasteiger partial charge in [0.15, 0.2) is 0 Å². The molecule has 0 bridgehead atoms. The van der Waals surface area contributed by atoms with Crippen LogP contribution in [0, 0.1) is 13.8 Å². The Kier molecular flexibility index (Phi) is 4.40. The van der Waals surface area contributed by atoms with E-state index in [1.165, 1.54) is 0 Å². The molecule has 2 aromatic heterocycles. The van der Waals surface area contributed by atoms with Crippen LogP contribution in [0.3, 0.4) is 0 Å². The molecule has 0 radical (unpaired) electrons. The fourth-order valence-corrected chi connectivity index (χ4v) is 2.44. The van der Waals surface area contributed by atoms with Crippen LogP contribution in [-0.4, -0.2) is 20.8 Å². The van der Waals surface area contributed by atoms with Crippen molar-refractivity contribution in [3.63, 3.8) is 0 Å². The molecule has 0 spiro atoms. The van der Waals surface area contributed by atoms with Crippen molar-refractivity contribution in [2.75, 3.05) is 16.5 Å². The minimum atomic E-state index is -0.285. The number of benzene rings is 1. The van der Waals surface area contributed by atoms with Crippen LogP contribution >= 0.6 is 0 Å². The normalized spacial score (nSPS) is 10.7. The summed E-state index contributed by atoms with van der Waals surface area (Å²) >= 11 is 0. The molecule has 0 fully saturated rings. The molecule has 2 heterocycles. The molecule has 1 amide bonds. The number of aromatic nitrogens is 3. The van der Waals surface area contributed by atoms with E-state index in [-0.39, 0.29) is 5.91 Å². The lowest BCUT2D eigenvalue weighted by molar-refractivity contribution is 0.102. The second-order valence-corrected chi connectivity index (χ2v) is 5.63. The van der Waals surface area contributed by atoms with Gasteiger partial charge in [0, 0.05) is 17.3 Å². The molecule has 6 N–H and O–H groups in total. The van der Waals surface area contributed by atoms with Gasteiger partial charge in [-0.05, 0) is 32.0 Å². The molecule has 0 aliphatic carbocycles. The number of hydrogen-bond acceptors (Lipinski definition) is 7. The highest BCUT2D eigenvalue weighted by Crippen LogP contribution is 2.20. The van der Waals surface area contributed by atoms with Gasteiger partial charge >= 0.3 is 0 Å². The zero-order valence-electron chi connectivity index (χ0n) is 13.9. The fourth-order valence-electron chi connectivity index (χ4n) is 2.44. The van der Waals surface area contributed by atoms with Gasteiger partial charge in [-0.3, -0.25) is 15.3 Å². The smallest absolute Gasteiger partial charge is 0.255 e. The van der Waals surface area contributed by atoms with E-state index in [4.69, 9.17) is 16.1 Å². The Morgan fingerprint density at radius 3 is 2.80 bits per heavy atom. The number of nitrogens with one attached hydrogen (secondary N) is 2. The number of amides is 1. The van der Waals surface area contributed by atoms with E-state index in [9.17, 15) is 4.79 Å². The average molecular weight is 341 g/mol. The third-order valence-corrected chi connectivity index (χ3v) is 3.86. The Balaban J connectivity index is 1.71. The van der Waals surface area contributed by atoms with Crippen LogP contribution in [0.15, 0.2) is 35.1 Å². The van der Waals surface area contributed by atoms with E-state index in [2.05, 4.69) is 21.0 Å².